The Hall–Kier alpha value is -1.71. The number of hydrogen-bond donors (Lipinski definition) is 2. The first-order valence-electron chi connectivity index (χ1n) is 5.81. The molecule has 112 valence electrons. The van der Waals surface area contributed by atoms with Crippen LogP contribution in [0.15, 0.2) is 23.1 Å². The van der Waals surface area contributed by atoms with Crippen LogP contribution in [0.4, 0.5) is 5.69 Å². The van der Waals surface area contributed by atoms with E-state index in [9.17, 15) is 18.5 Å². The molecule has 0 fully saturated rings. The lowest BCUT2D eigenvalue weighted by Crippen LogP contribution is -2.37. The number of nitrogens with one attached hydrogen (secondary N) is 1. The molecule has 0 aromatic heterocycles. The van der Waals surface area contributed by atoms with Crippen molar-refractivity contribution >= 4 is 15.7 Å². The number of ether oxygens (including phenoxy) is 1. The summed E-state index contributed by atoms with van der Waals surface area (Å²) in [5, 5.41) is 20.0. The summed E-state index contributed by atoms with van der Waals surface area (Å²) >= 11 is 0. The Kier molecular flexibility index (Phi) is 5.43. The number of nitro groups is 1. The van der Waals surface area contributed by atoms with E-state index in [1.807, 2.05) is 0 Å². The van der Waals surface area contributed by atoms with E-state index in [2.05, 4.69) is 4.72 Å². The van der Waals surface area contributed by atoms with Gasteiger partial charge in [-0.15, -0.1) is 0 Å². The second-order valence-corrected chi connectivity index (χ2v) is 5.68. The highest BCUT2D eigenvalue weighted by atomic mass is 32.2. The van der Waals surface area contributed by atoms with Crippen LogP contribution < -0.4 is 9.46 Å². The minimum atomic E-state index is -4.09. The van der Waals surface area contributed by atoms with Crippen LogP contribution in [0.2, 0.25) is 0 Å². The normalized spacial score (nSPS) is 12.9. The molecule has 1 atom stereocenters. The van der Waals surface area contributed by atoms with E-state index in [4.69, 9.17) is 9.84 Å². The number of rotatable bonds is 7. The maximum Gasteiger partial charge on any atom is 0.293 e. The first-order chi connectivity index (χ1) is 9.35. The lowest BCUT2D eigenvalue weighted by molar-refractivity contribution is -0.387. The molecule has 2 N–H and O–H groups in total. The summed E-state index contributed by atoms with van der Waals surface area (Å²) in [5.41, 5.74) is -0.579. The predicted molar refractivity (Wildman–Crippen MR) is 71.1 cm³/mol. The fraction of sp³-hybridized carbons (Fsp3) is 0.455. The van der Waals surface area contributed by atoms with Crippen molar-refractivity contribution in [3.05, 3.63) is 28.3 Å². The van der Waals surface area contributed by atoms with Gasteiger partial charge in [0, 0.05) is 6.04 Å². The van der Waals surface area contributed by atoms with E-state index in [-0.39, 0.29) is 12.4 Å². The Morgan fingerprint density at radius 1 is 1.50 bits per heavy atom. The number of hydrogen-bond acceptors (Lipinski definition) is 6. The Morgan fingerprint density at radius 3 is 2.60 bits per heavy atom. The molecular weight excluding hydrogens is 288 g/mol. The summed E-state index contributed by atoms with van der Waals surface area (Å²) in [4.78, 5) is 9.71. The fourth-order valence-corrected chi connectivity index (χ4v) is 2.99. The molecule has 0 heterocycles. The van der Waals surface area contributed by atoms with Gasteiger partial charge in [0.15, 0.2) is 4.90 Å². The fourth-order valence-electron chi connectivity index (χ4n) is 1.53. The topological polar surface area (TPSA) is 119 Å². The van der Waals surface area contributed by atoms with Crippen molar-refractivity contribution in [2.45, 2.75) is 24.3 Å². The molecule has 0 saturated heterocycles. The largest absolute Gasteiger partial charge is 0.497 e. The van der Waals surface area contributed by atoms with Crippen molar-refractivity contribution in [2.24, 2.45) is 0 Å². The molecule has 1 aromatic rings. The summed E-state index contributed by atoms with van der Waals surface area (Å²) in [7, 11) is -2.77. The third-order valence-electron chi connectivity index (χ3n) is 2.69. The van der Waals surface area contributed by atoms with Crippen LogP contribution in [0, 0.1) is 10.1 Å². The lowest BCUT2D eigenvalue weighted by Gasteiger charge is -2.14. The van der Waals surface area contributed by atoms with Crippen LogP contribution in [0.3, 0.4) is 0 Å². The number of nitrogens with zero attached hydrogens (tertiary/aromatic N) is 1. The predicted octanol–water partition coefficient (Wildman–Crippen LogP) is 0.653. The number of sulfonamides is 1. The third-order valence-corrected chi connectivity index (χ3v) is 4.26. The number of methoxy groups -OCH3 is 1. The van der Waals surface area contributed by atoms with Crippen molar-refractivity contribution in [1.82, 2.24) is 4.72 Å². The van der Waals surface area contributed by atoms with E-state index in [1.165, 1.54) is 13.2 Å². The van der Waals surface area contributed by atoms with Crippen molar-refractivity contribution in [2.75, 3.05) is 13.7 Å². The molecule has 9 heteroatoms. The molecule has 0 unspecified atom stereocenters. The Labute approximate surface area is 116 Å². The second kappa shape index (κ2) is 6.64. The number of aliphatic hydroxyl groups excluding tert-OH is 1. The molecule has 0 aliphatic rings. The molecule has 0 spiro atoms. The summed E-state index contributed by atoms with van der Waals surface area (Å²) in [6.07, 6.45) is 0.361. The summed E-state index contributed by atoms with van der Waals surface area (Å²) in [6.45, 7) is 1.30. The molecular formula is C11H16N2O6S. The molecule has 1 rings (SSSR count). The number of aliphatic hydroxyl groups is 1. The van der Waals surface area contributed by atoms with E-state index in [1.54, 1.807) is 6.92 Å². The standard InChI is InChI=1S/C11H16N2O6S/c1-3-8(7-14)12-20(17,18)11-5-4-9(19-2)6-10(11)13(15)16/h4-6,8,12,14H,3,7H2,1-2H3/t8-/m1/s1. The molecule has 0 saturated carbocycles. The maximum atomic E-state index is 12.1. The van der Waals surface area contributed by atoms with Gasteiger partial charge in [0.1, 0.15) is 5.75 Å². The Bertz CT molecular complexity index is 583. The Morgan fingerprint density at radius 2 is 2.15 bits per heavy atom. The van der Waals surface area contributed by atoms with E-state index < -0.39 is 31.6 Å². The van der Waals surface area contributed by atoms with Crippen molar-refractivity contribution in [1.29, 1.82) is 0 Å². The van der Waals surface area contributed by atoms with Crippen molar-refractivity contribution < 1.29 is 23.2 Å². The summed E-state index contributed by atoms with van der Waals surface area (Å²) < 4.78 is 31.3. The van der Waals surface area contributed by atoms with Crippen LogP contribution in [0.1, 0.15) is 13.3 Å². The van der Waals surface area contributed by atoms with Gasteiger partial charge in [-0.05, 0) is 18.6 Å². The first-order valence-corrected chi connectivity index (χ1v) is 7.29. The van der Waals surface area contributed by atoms with Gasteiger partial charge in [-0.1, -0.05) is 6.92 Å². The van der Waals surface area contributed by atoms with Gasteiger partial charge >= 0.3 is 0 Å². The van der Waals surface area contributed by atoms with Crippen LogP contribution in [-0.4, -0.2) is 38.2 Å². The van der Waals surface area contributed by atoms with Crippen LogP contribution in [0.25, 0.3) is 0 Å². The molecule has 0 aliphatic carbocycles. The minimum absolute atomic E-state index is 0.185. The SMILES string of the molecule is CC[C@H](CO)NS(=O)(=O)c1ccc(OC)cc1[N+](=O)[O-]. The molecule has 0 aliphatic heterocycles. The van der Waals surface area contributed by atoms with Crippen LogP contribution in [-0.2, 0) is 10.0 Å². The quantitative estimate of drug-likeness (QED) is 0.564. The second-order valence-electron chi connectivity index (χ2n) is 4.00. The van der Waals surface area contributed by atoms with Crippen molar-refractivity contribution in [3.8, 4) is 5.75 Å². The molecule has 0 bridgehead atoms. The summed E-state index contributed by atoms with van der Waals surface area (Å²) in [6, 6.07) is 2.76. The Balaban J connectivity index is 3.27. The van der Waals surface area contributed by atoms with E-state index in [0.29, 0.717) is 6.42 Å². The van der Waals surface area contributed by atoms with Gasteiger partial charge in [-0.2, -0.15) is 0 Å². The number of benzene rings is 1. The highest BCUT2D eigenvalue weighted by Gasteiger charge is 2.28. The zero-order valence-electron chi connectivity index (χ0n) is 11.1. The summed E-state index contributed by atoms with van der Waals surface area (Å²) in [5.74, 6) is 0.185. The van der Waals surface area contributed by atoms with Crippen LogP contribution >= 0.6 is 0 Å². The zero-order chi connectivity index (χ0) is 15.3. The highest BCUT2D eigenvalue weighted by molar-refractivity contribution is 7.89. The van der Waals surface area contributed by atoms with Gasteiger partial charge in [0.05, 0.1) is 24.7 Å². The smallest absolute Gasteiger partial charge is 0.293 e. The zero-order valence-corrected chi connectivity index (χ0v) is 11.9. The van der Waals surface area contributed by atoms with Gasteiger partial charge in [-0.25, -0.2) is 13.1 Å². The molecule has 1 aromatic carbocycles. The molecule has 8 nitrogen and oxygen atoms in total. The maximum absolute atomic E-state index is 12.1. The van der Waals surface area contributed by atoms with Gasteiger partial charge in [0.25, 0.3) is 5.69 Å². The van der Waals surface area contributed by atoms with E-state index >= 15 is 0 Å². The van der Waals surface area contributed by atoms with Crippen LogP contribution in [0.5, 0.6) is 5.75 Å². The van der Waals surface area contributed by atoms with Crippen molar-refractivity contribution in [3.63, 3.8) is 0 Å². The van der Waals surface area contributed by atoms with Gasteiger partial charge < -0.3 is 9.84 Å². The first kappa shape index (κ1) is 16.3. The average molecular weight is 304 g/mol. The molecule has 0 radical (unpaired) electrons. The van der Waals surface area contributed by atoms with E-state index in [0.717, 1.165) is 12.1 Å². The van der Waals surface area contributed by atoms with Gasteiger partial charge in [-0.3, -0.25) is 10.1 Å². The highest BCUT2D eigenvalue weighted by Crippen LogP contribution is 2.28. The van der Waals surface area contributed by atoms with Gasteiger partial charge in [0.2, 0.25) is 10.0 Å². The lowest BCUT2D eigenvalue weighted by atomic mass is 10.3. The molecule has 20 heavy (non-hydrogen) atoms. The third kappa shape index (κ3) is 3.65. The minimum Gasteiger partial charge on any atom is -0.497 e. The molecule has 0 amide bonds. The number of nitro benzene ring substituents is 1. The monoisotopic (exact) mass is 304 g/mol. The average Bonchev–Trinajstić information content (AvgIpc) is 2.43.